The number of carbonyl (C=O) groups excluding carboxylic acids is 1. The van der Waals surface area contributed by atoms with E-state index >= 15 is 0 Å². The zero-order valence-corrected chi connectivity index (χ0v) is 15.3. The summed E-state index contributed by atoms with van der Waals surface area (Å²) in [5.41, 5.74) is 0.626. The van der Waals surface area contributed by atoms with E-state index in [2.05, 4.69) is 21.2 Å². The van der Waals surface area contributed by atoms with Crippen molar-refractivity contribution >= 4 is 49.9 Å². The molecule has 0 unspecified atom stereocenters. The molecule has 0 heterocycles. The van der Waals surface area contributed by atoms with E-state index in [1.807, 2.05) is 42.5 Å². The van der Waals surface area contributed by atoms with Gasteiger partial charge in [0.05, 0.1) is 5.02 Å². The smallest absolute Gasteiger partial charge is 0.265 e. The zero-order valence-electron chi connectivity index (χ0n) is 12.9. The normalized spacial score (nSPS) is 12.0. The third kappa shape index (κ3) is 3.71. The maximum absolute atomic E-state index is 12.4. The van der Waals surface area contributed by atoms with E-state index < -0.39 is 6.10 Å². The summed E-state index contributed by atoms with van der Waals surface area (Å²) < 4.78 is 6.64. The van der Waals surface area contributed by atoms with Crippen LogP contribution in [0.1, 0.15) is 6.92 Å². The van der Waals surface area contributed by atoms with E-state index in [1.165, 1.54) is 0 Å². The molecular formula is C19H15BrClNO2. The number of fused-ring (bicyclic) bond motifs is 1. The van der Waals surface area contributed by atoms with Gasteiger partial charge >= 0.3 is 0 Å². The molecule has 3 nitrogen and oxygen atoms in total. The number of amides is 1. The highest BCUT2D eigenvalue weighted by molar-refractivity contribution is 9.10. The van der Waals surface area contributed by atoms with Crippen molar-refractivity contribution in [1.82, 2.24) is 0 Å². The van der Waals surface area contributed by atoms with Crippen molar-refractivity contribution in [3.8, 4) is 5.75 Å². The second-order valence-corrected chi connectivity index (χ2v) is 6.62. The number of hydrogen-bond acceptors (Lipinski definition) is 2. The summed E-state index contributed by atoms with van der Waals surface area (Å²) in [7, 11) is 0. The molecule has 24 heavy (non-hydrogen) atoms. The number of rotatable bonds is 4. The van der Waals surface area contributed by atoms with Gasteiger partial charge in [-0.2, -0.15) is 0 Å². The van der Waals surface area contributed by atoms with Crippen LogP contribution in [0.5, 0.6) is 5.75 Å². The molecule has 0 aliphatic heterocycles. The summed E-state index contributed by atoms with van der Waals surface area (Å²) in [4.78, 5) is 12.4. The van der Waals surface area contributed by atoms with Crippen molar-refractivity contribution in [2.75, 3.05) is 5.32 Å². The average Bonchev–Trinajstić information content (AvgIpc) is 2.58. The Kier molecular flexibility index (Phi) is 5.07. The standard InChI is InChI=1S/C19H15BrClNO2/c1-12(19(23)22-14-9-10-16(20)17(21)11-14)24-18-8-4-6-13-5-2-3-7-15(13)18/h2-12H,1H3,(H,22,23)/t12-/m0/s1. The Hall–Kier alpha value is -2.04. The lowest BCUT2D eigenvalue weighted by atomic mass is 10.1. The molecule has 3 aromatic carbocycles. The Bertz CT molecular complexity index is 892. The summed E-state index contributed by atoms with van der Waals surface area (Å²) in [5, 5.41) is 5.40. The topological polar surface area (TPSA) is 38.3 Å². The maximum atomic E-state index is 12.4. The van der Waals surface area contributed by atoms with E-state index in [9.17, 15) is 4.79 Å². The van der Waals surface area contributed by atoms with Crippen LogP contribution in [0, 0.1) is 0 Å². The SMILES string of the molecule is C[C@H](Oc1cccc2ccccc12)C(=O)Nc1ccc(Br)c(Cl)c1. The summed E-state index contributed by atoms with van der Waals surface area (Å²) >= 11 is 9.36. The van der Waals surface area contributed by atoms with Gasteiger partial charge < -0.3 is 10.1 Å². The van der Waals surface area contributed by atoms with Crippen LogP contribution in [0.15, 0.2) is 65.1 Å². The highest BCUT2D eigenvalue weighted by Gasteiger charge is 2.16. The van der Waals surface area contributed by atoms with Gasteiger partial charge in [0.15, 0.2) is 6.10 Å². The molecule has 1 amide bonds. The number of hydrogen-bond donors (Lipinski definition) is 1. The molecule has 1 atom stereocenters. The van der Waals surface area contributed by atoms with Crippen LogP contribution in [-0.2, 0) is 4.79 Å². The van der Waals surface area contributed by atoms with Crippen LogP contribution < -0.4 is 10.1 Å². The number of halogens is 2. The molecule has 0 spiro atoms. The largest absolute Gasteiger partial charge is 0.480 e. The van der Waals surface area contributed by atoms with Gasteiger partial charge in [0, 0.05) is 15.5 Å². The van der Waals surface area contributed by atoms with Crippen LogP contribution in [-0.4, -0.2) is 12.0 Å². The maximum Gasteiger partial charge on any atom is 0.265 e. The minimum absolute atomic E-state index is 0.235. The summed E-state index contributed by atoms with van der Waals surface area (Å²) in [6.45, 7) is 1.72. The molecule has 0 aliphatic carbocycles. The molecule has 3 aromatic rings. The predicted molar refractivity (Wildman–Crippen MR) is 102 cm³/mol. The summed E-state index contributed by atoms with van der Waals surface area (Å²) in [6, 6.07) is 18.9. The lowest BCUT2D eigenvalue weighted by Crippen LogP contribution is -2.30. The fourth-order valence-electron chi connectivity index (χ4n) is 2.36. The van der Waals surface area contributed by atoms with Crippen molar-refractivity contribution in [3.63, 3.8) is 0 Å². The lowest BCUT2D eigenvalue weighted by molar-refractivity contribution is -0.122. The first-order chi connectivity index (χ1) is 11.5. The molecule has 0 saturated carbocycles. The molecule has 0 aliphatic rings. The minimum Gasteiger partial charge on any atom is -0.480 e. The molecule has 0 saturated heterocycles. The third-order valence-electron chi connectivity index (χ3n) is 3.61. The Morgan fingerprint density at radius 1 is 1.12 bits per heavy atom. The van der Waals surface area contributed by atoms with E-state index in [0.717, 1.165) is 15.2 Å². The first kappa shape index (κ1) is 16.8. The predicted octanol–water partition coefficient (Wildman–Crippen LogP) is 5.66. The lowest BCUT2D eigenvalue weighted by Gasteiger charge is -2.16. The first-order valence-corrected chi connectivity index (χ1v) is 8.62. The van der Waals surface area contributed by atoms with Gasteiger partial charge in [0.2, 0.25) is 0 Å². The van der Waals surface area contributed by atoms with Crippen molar-refractivity contribution in [2.45, 2.75) is 13.0 Å². The van der Waals surface area contributed by atoms with Gasteiger partial charge in [-0.15, -0.1) is 0 Å². The van der Waals surface area contributed by atoms with Crippen LogP contribution >= 0.6 is 27.5 Å². The number of carbonyl (C=O) groups is 1. The Morgan fingerprint density at radius 3 is 2.67 bits per heavy atom. The quantitative estimate of drug-likeness (QED) is 0.609. The van der Waals surface area contributed by atoms with E-state index in [4.69, 9.17) is 16.3 Å². The fraction of sp³-hybridized carbons (Fsp3) is 0.105. The molecule has 5 heteroatoms. The van der Waals surface area contributed by atoms with Gasteiger partial charge in [-0.3, -0.25) is 4.79 Å². The molecule has 1 N–H and O–H groups in total. The van der Waals surface area contributed by atoms with Crippen LogP contribution in [0.25, 0.3) is 10.8 Å². The van der Waals surface area contributed by atoms with Gasteiger partial charge in [-0.05, 0) is 52.5 Å². The second-order valence-electron chi connectivity index (χ2n) is 5.36. The molecule has 3 rings (SSSR count). The molecule has 0 radical (unpaired) electrons. The molecule has 0 bridgehead atoms. The van der Waals surface area contributed by atoms with Gasteiger partial charge in [-0.25, -0.2) is 0 Å². The number of nitrogens with one attached hydrogen (secondary N) is 1. The zero-order chi connectivity index (χ0) is 17.1. The molecule has 122 valence electrons. The second kappa shape index (κ2) is 7.24. The Morgan fingerprint density at radius 2 is 1.88 bits per heavy atom. The van der Waals surface area contributed by atoms with E-state index in [0.29, 0.717) is 16.5 Å². The van der Waals surface area contributed by atoms with E-state index in [1.54, 1.807) is 25.1 Å². The van der Waals surface area contributed by atoms with Crippen molar-refractivity contribution in [3.05, 3.63) is 70.2 Å². The Labute approximate surface area is 153 Å². The molecule has 0 fully saturated rings. The molecule has 0 aromatic heterocycles. The van der Waals surface area contributed by atoms with Crippen molar-refractivity contribution < 1.29 is 9.53 Å². The van der Waals surface area contributed by atoms with Gasteiger partial charge in [0.25, 0.3) is 5.91 Å². The first-order valence-electron chi connectivity index (χ1n) is 7.45. The van der Waals surface area contributed by atoms with Crippen molar-refractivity contribution in [1.29, 1.82) is 0 Å². The number of benzene rings is 3. The fourth-order valence-corrected chi connectivity index (χ4v) is 2.79. The monoisotopic (exact) mass is 403 g/mol. The third-order valence-corrected chi connectivity index (χ3v) is 4.84. The number of ether oxygens (including phenoxy) is 1. The highest BCUT2D eigenvalue weighted by Crippen LogP contribution is 2.27. The molecular weight excluding hydrogens is 390 g/mol. The van der Waals surface area contributed by atoms with Gasteiger partial charge in [0.1, 0.15) is 5.75 Å². The van der Waals surface area contributed by atoms with Crippen LogP contribution in [0.3, 0.4) is 0 Å². The minimum atomic E-state index is -0.641. The highest BCUT2D eigenvalue weighted by atomic mass is 79.9. The van der Waals surface area contributed by atoms with Crippen LogP contribution in [0.2, 0.25) is 5.02 Å². The number of anilines is 1. The summed E-state index contributed by atoms with van der Waals surface area (Å²) in [5.74, 6) is 0.450. The summed E-state index contributed by atoms with van der Waals surface area (Å²) in [6.07, 6.45) is -0.641. The van der Waals surface area contributed by atoms with Gasteiger partial charge in [-0.1, -0.05) is 48.0 Å². The van der Waals surface area contributed by atoms with Crippen LogP contribution in [0.4, 0.5) is 5.69 Å². The van der Waals surface area contributed by atoms with Crippen molar-refractivity contribution in [2.24, 2.45) is 0 Å². The van der Waals surface area contributed by atoms with E-state index in [-0.39, 0.29) is 5.91 Å². The Balaban J connectivity index is 1.75. The average molecular weight is 405 g/mol.